The third-order valence-corrected chi connectivity index (χ3v) is 5.07. The minimum atomic E-state index is 0.579. The molecule has 0 saturated heterocycles. The fourth-order valence-electron chi connectivity index (χ4n) is 2.68. The summed E-state index contributed by atoms with van der Waals surface area (Å²) in [6, 6.07) is 3.01. The van der Waals surface area contributed by atoms with Gasteiger partial charge in [-0.1, -0.05) is 20.8 Å². The van der Waals surface area contributed by atoms with Crippen LogP contribution in [0.4, 0.5) is 0 Å². The Balaban J connectivity index is 1.80. The van der Waals surface area contributed by atoms with Crippen molar-refractivity contribution in [2.24, 2.45) is 5.41 Å². The summed E-state index contributed by atoms with van der Waals surface area (Å²) in [5.41, 5.74) is 2.11. The van der Waals surface area contributed by atoms with Crippen LogP contribution in [0.2, 0.25) is 0 Å². The Labute approximate surface area is 110 Å². The van der Waals surface area contributed by atoms with E-state index in [1.54, 1.807) is 0 Å². The molecule has 0 amide bonds. The molecule has 2 heteroatoms. The van der Waals surface area contributed by atoms with Crippen LogP contribution in [0.3, 0.4) is 0 Å². The fourth-order valence-corrected chi connectivity index (χ4v) is 3.60. The Kier molecular flexibility index (Phi) is 4.26. The highest BCUT2D eigenvalue weighted by atomic mass is 32.1. The molecular formula is C15H25NS. The highest BCUT2D eigenvalue weighted by molar-refractivity contribution is 7.10. The van der Waals surface area contributed by atoms with Crippen molar-refractivity contribution < 1.29 is 0 Å². The van der Waals surface area contributed by atoms with Crippen LogP contribution in [0.25, 0.3) is 0 Å². The number of thiophene rings is 1. The number of nitrogens with one attached hydrogen (secondary N) is 1. The first-order valence-electron chi connectivity index (χ1n) is 6.89. The van der Waals surface area contributed by atoms with E-state index in [0.29, 0.717) is 5.41 Å². The van der Waals surface area contributed by atoms with Gasteiger partial charge in [0.1, 0.15) is 0 Å². The van der Waals surface area contributed by atoms with E-state index in [-0.39, 0.29) is 0 Å². The molecule has 1 fully saturated rings. The second kappa shape index (κ2) is 5.53. The molecule has 17 heavy (non-hydrogen) atoms. The van der Waals surface area contributed by atoms with Crippen LogP contribution in [0, 0.1) is 5.41 Å². The van der Waals surface area contributed by atoms with E-state index >= 15 is 0 Å². The Hall–Kier alpha value is -0.340. The van der Waals surface area contributed by atoms with E-state index in [0.717, 1.165) is 19.0 Å². The maximum Gasteiger partial charge on any atom is 0.0305 e. The molecule has 0 spiro atoms. The van der Waals surface area contributed by atoms with Gasteiger partial charge in [0.25, 0.3) is 0 Å². The first-order chi connectivity index (χ1) is 8.11. The largest absolute Gasteiger partial charge is 0.309 e. The zero-order valence-corrected chi connectivity index (χ0v) is 12.2. The van der Waals surface area contributed by atoms with Crippen LogP contribution >= 0.6 is 11.3 Å². The lowest BCUT2D eigenvalue weighted by Gasteiger charge is -2.34. The van der Waals surface area contributed by atoms with Crippen LogP contribution in [0.1, 0.15) is 56.9 Å². The standard InChI is InChI=1S/C15H25NS/c1-4-12-7-10-17-14(12)11-16-13-5-8-15(2,3)9-6-13/h7,10,13,16H,4-6,8-9,11H2,1-3H3. The predicted octanol–water partition coefficient (Wildman–Crippen LogP) is 4.37. The van der Waals surface area contributed by atoms with Crippen molar-refractivity contribution in [3.63, 3.8) is 0 Å². The number of hydrogen-bond acceptors (Lipinski definition) is 2. The van der Waals surface area contributed by atoms with Crippen molar-refractivity contribution in [2.75, 3.05) is 0 Å². The third-order valence-electron chi connectivity index (χ3n) is 4.11. The Morgan fingerprint density at radius 3 is 2.71 bits per heavy atom. The number of hydrogen-bond donors (Lipinski definition) is 1. The Morgan fingerprint density at radius 1 is 1.35 bits per heavy atom. The molecule has 1 aromatic rings. The van der Waals surface area contributed by atoms with Crippen LogP contribution in [-0.2, 0) is 13.0 Å². The molecule has 1 saturated carbocycles. The van der Waals surface area contributed by atoms with E-state index in [2.05, 4.69) is 37.5 Å². The van der Waals surface area contributed by atoms with E-state index in [1.807, 2.05) is 11.3 Å². The predicted molar refractivity (Wildman–Crippen MR) is 76.6 cm³/mol. The van der Waals surface area contributed by atoms with Gasteiger partial charge in [-0.05, 0) is 54.5 Å². The summed E-state index contributed by atoms with van der Waals surface area (Å²) in [5, 5.41) is 5.97. The topological polar surface area (TPSA) is 12.0 Å². The molecule has 0 bridgehead atoms. The minimum Gasteiger partial charge on any atom is -0.309 e. The van der Waals surface area contributed by atoms with Crippen LogP contribution in [0.15, 0.2) is 11.4 Å². The summed E-state index contributed by atoms with van der Waals surface area (Å²) in [4.78, 5) is 1.54. The summed E-state index contributed by atoms with van der Waals surface area (Å²) in [6.45, 7) is 8.12. The summed E-state index contributed by atoms with van der Waals surface area (Å²) >= 11 is 1.90. The molecule has 1 aromatic heterocycles. The van der Waals surface area contributed by atoms with Gasteiger partial charge < -0.3 is 5.32 Å². The molecule has 1 aliphatic carbocycles. The van der Waals surface area contributed by atoms with Gasteiger partial charge in [-0.15, -0.1) is 11.3 Å². The molecule has 0 aromatic carbocycles. The first-order valence-corrected chi connectivity index (χ1v) is 7.77. The normalized spacial score (nSPS) is 20.6. The third kappa shape index (κ3) is 3.56. The fraction of sp³-hybridized carbons (Fsp3) is 0.733. The molecule has 0 radical (unpaired) electrons. The van der Waals surface area contributed by atoms with Gasteiger partial charge >= 0.3 is 0 Å². The number of rotatable bonds is 4. The lowest BCUT2D eigenvalue weighted by atomic mass is 9.75. The van der Waals surface area contributed by atoms with Crippen molar-refractivity contribution in [3.05, 3.63) is 21.9 Å². The SMILES string of the molecule is CCc1ccsc1CNC1CCC(C)(C)CC1. The summed E-state index contributed by atoms with van der Waals surface area (Å²) in [5.74, 6) is 0. The van der Waals surface area contributed by atoms with Crippen LogP contribution in [0.5, 0.6) is 0 Å². The van der Waals surface area contributed by atoms with Crippen molar-refractivity contribution in [1.29, 1.82) is 0 Å². The quantitative estimate of drug-likeness (QED) is 0.838. The molecule has 1 N–H and O–H groups in total. The summed E-state index contributed by atoms with van der Waals surface area (Å²) < 4.78 is 0. The minimum absolute atomic E-state index is 0.579. The smallest absolute Gasteiger partial charge is 0.0305 e. The van der Waals surface area contributed by atoms with Crippen molar-refractivity contribution >= 4 is 11.3 Å². The van der Waals surface area contributed by atoms with Crippen molar-refractivity contribution in [3.8, 4) is 0 Å². The Bertz CT molecular complexity index is 344. The maximum absolute atomic E-state index is 3.75. The molecule has 0 atom stereocenters. The average molecular weight is 251 g/mol. The molecule has 0 unspecified atom stereocenters. The van der Waals surface area contributed by atoms with Gasteiger partial charge in [0.15, 0.2) is 0 Å². The van der Waals surface area contributed by atoms with Crippen LogP contribution in [-0.4, -0.2) is 6.04 Å². The summed E-state index contributed by atoms with van der Waals surface area (Å²) in [7, 11) is 0. The van der Waals surface area contributed by atoms with Crippen molar-refractivity contribution in [1.82, 2.24) is 5.32 Å². The van der Waals surface area contributed by atoms with Crippen LogP contribution < -0.4 is 5.32 Å². The second-order valence-electron chi connectivity index (χ2n) is 6.04. The molecule has 2 rings (SSSR count). The molecular weight excluding hydrogens is 226 g/mol. The molecule has 1 aliphatic rings. The molecule has 96 valence electrons. The zero-order valence-electron chi connectivity index (χ0n) is 11.4. The first kappa shape index (κ1) is 13.1. The van der Waals surface area contributed by atoms with E-state index in [4.69, 9.17) is 0 Å². The molecule has 1 heterocycles. The molecule has 0 aliphatic heterocycles. The van der Waals surface area contributed by atoms with Gasteiger partial charge in [-0.3, -0.25) is 0 Å². The molecule has 1 nitrogen and oxygen atoms in total. The lowest BCUT2D eigenvalue weighted by Crippen LogP contribution is -2.35. The van der Waals surface area contributed by atoms with Gasteiger partial charge in [-0.25, -0.2) is 0 Å². The van der Waals surface area contributed by atoms with Gasteiger partial charge in [-0.2, -0.15) is 0 Å². The van der Waals surface area contributed by atoms with Gasteiger partial charge in [0.05, 0.1) is 0 Å². The summed E-state index contributed by atoms with van der Waals surface area (Å²) in [6.07, 6.45) is 6.60. The Morgan fingerprint density at radius 2 is 2.06 bits per heavy atom. The average Bonchev–Trinajstić information content (AvgIpc) is 2.75. The van der Waals surface area contributed by atoms with Gasteiger partial charge in [0.2, 0.25) is 0 Å². The highest BCUT2D eigenvalue weighted by Crippen LogP contribution is 2.35. The van der Waals surface area contributed by atoms with E-state index < -0.39 is 0 Å². The number of aryl methyl sites for hydroxylation is 1. The van der Waals surface area contributed by atoms with E-state index in [1.165, 1.54) is 36.1 Å². The maximum atomic E-state index is 3.75. The van der Waals surface area contributed by atoms with Gasteiger partial charge in [0, 0.05) is 17.5 Å². The lowest BCUT2D eigenvalue weighted by molar-refractivity contribution is 0.206. The van der Waals surface area contributed by atoms with E-state index in [9.17, 15) is 0 Å². The second-order valence-corrected chi connectivity index (χ2v) is 7.04. The highest BCUT2D eigenvalue weighted by Gasteiger charge is 2.26. The monoisotopic (exact) mass is 251 g/mol. The van der Waals surface area contributed by atoms with Crippen molar-refractivity contribution in [2.45, 2.75) is 65.5 Å². The zero-order chi connectivity index (χ0) is 12.3.